The minimum absolute atomic E-state index is 0.238. The second-order valence-corrected chi connectivity index (χ2v) is 4.73. The Labute approximate surface area is 115 Å². The number of methoxy groups -OCH3 is 1. The summed E-state index contributed by atoms with van der Waals surface area (Å²) in [7, 11) is 1.62. The highest BCUT2D eigenvalue weighted by Crippen LogP contribution is 2.36. The number of nitrogens with zero attached hydrogens (tertiary/aromatic N) is 2. The average molecular weight is 279 g/mol. The summed E-state index contributed by atoms with van der Waals surface area (Å²) < 4.78 is 17.8. The number of fused-ring (bicyclic) bond motifs is 2. The van der Waals surface area contributed by atoms with Gasteiger partial charge in [-0.3, -0.25) is 0 Å². The van der Waals surface area contributed by atoms with E-state index in [0.717, 1.165) is 16.9 Å². The number of benzene rings is 1. The number of imidazole rings is 1. The first-order chi connectivity index (χ1) is 9.19. The summed E-state index contributed by atoms with van der Waals surface area (Å²) in [5.41, 5.74) is 7.36. The first kappa shape index (κ1) is 12.2. The summed E-state index contributed by atoms with van der Waals surface area (Å²) in [5.74, 6) is 2.19. The largest absolute Gasteiger partial charge is 0.454 e. The van der Waals surface area contributed by atoms with E-state index in [9.17, 15) is 0 Å². The molecule has 19 heavy (non-hydrogen) atoms. The van der Waals surface area contributed by atoms with Crippen molar-refractivity contribution in [3.05, 3.63) is 18.0 Å². The highest BCUT2D eigenvalue weighted by molar-refractivity contribution is 7.80. The van der Waals surface area contributed by atoms with Crippen molar-refractivity contribution in [2.24, 2.45) is 5.73 Å². The van der Waals surface area contributed by atoms with Crippen molar-refractivity contribution >= 4 is 28.2 Å². The highest BCUT2D eigenvalue weighted by atomic mass is 32.1. The number of hydrogen-bond donors (Lipinski definition) is 1. The number of hydrogen-bond acceptors (Lipinski definition) is 5. The Kier molecular flexibility index (Phi) is 3.00. The van der Waals surface area contributed by atoms with Crippen molar-refractivity contribution in [1.29, 1.82) is 0 Å². The molecular weight excluding hydrogens is 266 g/mol. The number of rotatable bonds is 4. The molecule has 100 valence electrons. The summed E-state index contributed by atoms with van der Waals surface area (Å²) in [5, 5.41) is 0. The number of thiocarbonyl (C=S) groups is 1. The van der Waals surface area contributed by atoms with Crippen LogP contribution in [0.15, 0.2) is 12.1 Å². The molecule has 1 aromatic heterocycles. The van der Waals surface area contributed by atoms with Gasteiger partial charge in [-0.05, 0) is 0 Å². The van der Waals surface area contributed by atoms with Crippen molar-refractivity contribution in [2.75, 3.05) is 13.9 Å². The zero-order valence-electron chi connectivity index (χ0n) is 10.4. The highest BCUT2D eigenvalue weighted by Gasteiger charge is 2.19. The molecule has 6 nitrogen and oxygen atoms in total. The van der Waals surface area contributed by atoms with E-state index in [2.05, 4.69) is 4.98 Å². The molecule has 0 unspecified atom stereocenters. The zero-order valence-corrected chi connectivity index (χ0v) is 11.2. The van der Waals surface area contributed by atoms with E-state index < -0.39 is 0 Å². The van der Waals surface area contributed by atoms with Gasteiger partial charge < -0.3 is 24.5 Å². The Hall–Kier alpha value is -1.86. The Morgan fingerprint density at radius 1 is 1.47 bits per heavy atom. The summed E-state index contributed by atoms with van der Waals surface area (Å²) in [6.45, 7) is 1.05. The molecule has 2 N–H and O–H groups in total. The molecule has 0 radical (unpaired) electrons. The van der Waals surface area contributed by atoms with E-state index in [1.54, 1.807) is 7.11 Å². The van der Waals surface area contributed by atoms with Gasteiger partial charge in [-0.1, -0.05) is 12.2 Å². The molecule has 0 bridgehead atoms. The molecule has 0 atom stereocenters. The third-order valence-corrected chi connectivity index (χ3v) is 3.04. The zero-order chi connectivity index (χ0) is 13.4. The Balaban J connectivity index is 2.17. The molecule has 1 aliphatic rings. The fourth-order valence-electron chi connectivity index (χ4n) is 2.14. The second kappa shape index (κ2) is 4.67. The Bertz CT molecular complexity index is 653. The van der Waals surface area contributed by atoms with Crippen molar-refractivity contribution < 1.29 is 14.2 Å². The first-order valence-electron chi connectivity index (χ1n) is 5.75. The lowest BCUT2D eigenvalue weighted by molar-refractivity contribution is 0.173. The van der Waals surface area contributed by atoms with Gasteiger partial charge in [0.25, 0.3) is 0 Å². The number of aromatic nitrogens is 2. The van der Waals surface area contributed by atoms with E-state index in [-0.39, 0.29) is 6.79 Å². The Morgan fingerprint density at radius 3 is 2.89 bits per heavy atom. The predicted molar refractivity (Wildman–Crippen MR) is 73.4 cm³/mol. The van der Waals surface area contributed by atoms with Crippen LogP contribution in [-0.2, 0) is 17.9 Å². The van der Waals surface area contributed by atoms with Crippen LogP contribution in [0.2, 0.25) is 0 Å². The van der Waals surface area contributed by atoms with Gasteiger partial charge in [0.15, 0.2) is 11.5 Å². The van der Waals surface area contributed by atoms with Crippen LogP contribution in [0.3, 0.4) is 0 Å². The molecule has 2 aromatic rings. The van der Waals surface area contributed by atoms with Crippen LogP contribution in [0, 0.1) is 0 Å². The minimum Gasteiger partial charge on any atom is -0.454 e. The standard InChI is InChI=1S/C12H13N3O3S/c1-16-5-12-14-7-2-9-10(18-6-17-9)3-8(7)15(12)4-11(13)19/h2-3H,4-6H2,1H3,(H2,13,19). The van der Waals surface area contributed by atoms with Gasteiger partial charge in [-0.15, -0.1) is 0 Å². The lowest BCUT2D eigenvalue weighted by atomic mass is 10.2. The fraction of sp³-hybridized carbons (Fsp3) is 0.333. The topological polar surface area (TPSA) is 71.5 Å². The van der Waals surface area contributed by atoms with Gasteiger partial charge in [0.2, 0.25) is 6.79 Å². The maximum absolute atomic E-state index is 5.64. The molecule has 0 saturated heterocycles. The van der Waals surface area contributed by atoms with Crippen LogP contribution in [0.25, 0.3) is 11.0 Å². The van der Waals surface area contributed by atoms with E-state index in [1.807, 2.05) is 16.7 Å². The van der Waals surface area contributed by atoms with Gasteiger partial charge in [-0.2, -0.15) is 0 Å². The monoisotopic (exact) mass is 279 g/mol. The molecular formula is C12H13N3O3S. The van der Waals surface area contributed by atoms with Crippen molar-refractivity contribution in [1.82, 2.24) is 9.55 Å². The third kappa shape index (κ3) is 2.11. The average Bonchev–Trinajstić information content (AvgIpc) is 2.92. The van der Waals surface area contributed by atoms with Gasteiger partial charge in [0.1, 0.15) is 12.4 Å². The van der Waals surface area contributed by atoms with Crippen LogP contribution in [0.1, 0.15) is 5.82 Å². The molecule has 1 aromatic carbocycles. The number of nitrogens with two attached hydrogens (primary N) is 1. The normalized spacial score (nSPS) is 13.1. The van der Waals surface area contributed by atoms with Crippen LogP contribution in [0.4, 0.5) is 0 Å². The summed E-state index contributed by atoms with van der Waals surface area (Å²) >= 11 is 4.98. The van der Waals surface area contributed by atoms with Crippen molar-refractivity contribution in [3.8, 4) is 11.5 Å². The van der Waals surface area contributed by atoms with Gasteiger partial charge in [0.05, 0.1) is 22.6 Å². The van der Waals surface area contributed by atoms with Gasteiger partial charge in [0, 0.05) is 19.2 Å². The number of ether oxygens (including phenoxy) is 3. The van der Waals surface area contributed by atoms with Gasteiger partial charge >= 0.3 is 0 Å². The quantitative estimate of drug-likeness (QED) is 0.848. The SMILES string of the molecule is COCc1nc2cc3c(cc2n1CC(N)=S)OCO3. The van der Waals surface area contributed by atoms with Crippen LogP contribution in [-0.4, -0.2) is 28.4 Å². The van der Waals surface area contributed by atoms with E-state index in [4.69, 9.17) is 32.2 Å². The second-order valence-electron chi connectivity index (χ2n) is 4.21. The molecule has 7 heteroatoms. The summed E-state index contributed by atoms with van der Waals surface area (Å²) in [6.07, 6.45) is 0. The van der Waals surface area contributed by atoms with E-state index in [1.165, 1.54) is 0 Å². The summed E-state index contributed by atoms with van der Waals surface area (Å²) in [6, 6.07) is 3.75. The lowest BCUT2D eigenvalue weighted by Crippen LogP contribution is -2.18. The molecule has 0 fully saturated rings. The van der Waals surface area contributed by atoms with Crippen molar-refractivity contribution in [3.63, 3.8) is 0 Å². The van der Waals surface area contributed by atoms with Crippen LogP contribution < -0.4 is 15.2 Å². The maximum Gasteiger partial charge on any atom is 0.231 e. The molecule has 0 spiro atoms. The smallest absolute Gasteiger partial charge is 0.231 e. The van der Waals surface area contributed by atoms with E-state index >= 15 is 0 Å². The van der Waals surface area contributed by atoms with Crippen molar-refractivity contribution in [2.45, 2.75) is 13.2 Å². The molecule has 2 heterocycles. The fourth-order valence-corrected chi connectivity index (χ4v) is 2.27. The first-order valence-corrected chi connectivity index (χ1v) is 6.16. The molecule has 0 amide bonds. The van der Waals surface area contributed by atoms with Crippen LogP contribution >= 0.6 is 12.2 Å². The minimum atomic E-state index is 0.238. The lowest BCUT2D eigenvalue weighted by Gasteiger charge is -2.07. The third-order valence-electron chi connectivity index (χ3n) is 2.91. The molecule has 0 aliphatic carbocycles. The van der Waals surface area contributed by atoms with E-state index in [0.29, 0.717) is 29.6 Å². The predicted octanol–water partition coefficient (Wildman–Crippen LogP) is 1.20. The maximum atomic E-state index is 5.64. The van der Waals surface area contributed by atoms with Crippen LogP contribution in [0.5, 0.6) is 11.5 Å². The molecule has 1 aliphatic heterocycles. The molecule has 3 rings (SSSR count). The molecule has 0 saturated carbocycles. The Morgan fingerprint density at radius 2 is 2.21 bits per heavy atom. The van der Waals surface area contributed by atoms with Gasteiger partial charge in [-0.25, -0.2) is 4.98 Å². The summed E-state index contributed by atoms with van der Waals surface area (Å²) in [4.78, 5) is 4.92.